The minimum atomic E-state index is 0.0249. The highest BCUT2D eigenvalue weighted by Gasteiger charge is 2.21. The third-order valence-corrected chi connectivity index (χ3v) is 3.67. The highest BCUT2D eigenvalue weighted by atomic mass is 16.2. The second kappa shape index (κ2) is 5.89. The predicted molar refractivity (Wildman–Crippen MR) is 70.8 cm³/mol. The average Bonchev–Trinajstić information content (AvgIpc) is 2.61. The maximum Gasteiger partial charge on any atom is 0.241 e. The number of nitrogens with zero attached hydrogens (tertiary/aromatic N) is 2. The van der Waals surface area contributed by atoms with Gasteiger partial charge in [0.2, 0.25) is 5.91 Å². The molecule has 1 aliphatic rings. The van der Waals surface area contributed by atoms with Crippen LogP contribution >= 0.6 is 0 Å². The van der Waals surface area contributed by atoms with E-state index in [2.05, 4.69) is 17.3 Å². The van der Waals surface area contributed by atoms with Crippen LogP contribution in [-0.4, -0.2) is 21.7 Å². The zero-order chi connectivity index (χ0) is 13.0. The molecule has 0 aromatic carbocycles. The third-order valence-electron chi connectivity index (χ3n) is 3.67. The standard InChI is InChI=1S/C13H22N4O/c1-10-5-3-2-4-6-12(10)16-13(18)9-17-8-11(14)7-15-17/h7-8,10,12H,2-6,9,14H2,1H3,(H,16,18). The number of hydrogen-bond acceptors (Lipinski definition) is 3. The van der Waals surface area contributed by atoms with Crippen molar-refractivity contribution < 1.29 is 4.79 Å². The van der Waals surface area contributed by atoms with Gasteiger partial charge in [0.1, 0.15) is 6.54 Å². The second-order valence-electron chi connectivity index (χ2n) is 5.26. The minimum absolute atomic E-state index is 0.0249. The van der Waals surface area contributed by atoms with Crippen LogP contribution in [0.15, 0.2) is 12.4 Å². The number of nitrogen functional groups attached to an aromatic ring is 1. The summed E-state index contributed by atoms with van der Waals surface area (Å²) in [6.07, 6.45) is 9.31. The van der Waals surface area contributed by atoms with Crippen molar-refractivity contribution in [3.05, 3.63) is 12.4 Å². The van der Waals surface area contributed by atoms with Crippen LogP contribution in [0.3, 0.4) is 0 Å². The third kappa shape index (κ3) is 3.48. The smallest absolute Gasteiger partial charge is 0.241 e. The maximum atomic E-state index is 11.9. The highest BCUT2D eigenvalue weighted by Crippen LogP contribution is 2.22. The summed E-state index contributed by atoms with van der Waals surface area (Å²) in [5, 5.41) is 7.14. The molecule has 0 bridgehead atoms. The molecule has 1 amide bonds. The lowest BCUT2D eigenvalue weighted by molar-refractivity contribution is -0.122. The van der Waals surface area contributed by atoms with Crippen molar-refractivity contribution in [2.75, 3.05) is 5.73 Å². The van der Waals surface area contributed by atoms with E-state index < -0.39 is 0 Å². The minimum Gasteiger partial charge on any atom is -0.396 e. The van der Waals surface area contributed by atoms with E-state index in [1.165, 1.54) is 25.7 Å². The zero-order valence-corrected chi connectivity index (χ0v) is 10.9. The fourth-order valence-corrected chi connectivity index (χ4v) is 2.57. The van der Waals surface area contributed by atoms with Gasteiger partial charge in [-0.3, -0.25) is 9.48 Å². The van der Waals surface area contributed by atoms with E-state index in [9.17, 15) is 4.79 Å². The lowest BCUT2D eigenvalue weighted by Crippen LogP contribution is -2.40. The van der Waals surface area contributed by atoms with E-state index in [-0.39, 0.29) is 12.5 Å². The van der Waals surface area contributed by atoms with Crippen molar-refractivity contribution in [2.45, 2.75) is 51.6 Å². The van der Waals surface area contributed by atoms with Crippen LogP contribution in [0.25, 0.3) is 0 Å². The lowest BCUT2D eigenvalue weighted by Gasteiger charge is -2.22. The molecule has 1 aliphatic carbocycles. The molecule has 5 heteroatoms. The summed E-state index contributed by atoms with van der Waals surface area (Å²) in [5.41, 5.74) is 6.15. The Morgan fingerprint density at radius 3 is 3.00 bits per heavy atom. The van der Waals surface area contributed by atoms with Crippen molar-refractivity contribution >= 4 is 11.6 Å². The monoisotopic (exact) mass is 250 g/mol. The van der Waals surface area contributed by atoms with Gasteiger partial charge in [-0.1, -0.05) is 26.2 Å². The molecular weight excluding hydrogens is 228 g/mol. The van der Waals surface area contributed by atoms with Crippen LogP contribution in [0.1, 0.15) is 39.0 Å². The van der Waals surface area contributed by atoms with E-state index >= 15 is 0 Å². The van der Waals surface area contributed by atoms with Gasteiger partial charge in [-0.25, -0.2) is 0 Å². The molecule has 18 heavy (non-hydrogen) atoms. The Labute approximate surface area is 108 Å². The number of anilines is 1. The van der Waals surface area contributed by atoms with Crippen molar-refractivity contribution in [3.63, 3.8) is 0 Å². The van der Waals surface area contributed by atoms with Crippen LogP contribution in [-0.2, 0) is 11.3 Å². The summed E-state index contributed by atoms with van der Waals surface area (Å²) < 4.78 is 1.58. The van der Waals surface area contributed by atoms with Gasteiger partial charge < -0.3 is 11.1 Å². The summed E-state index contributed by atoms with van der Waals surface area (Å²) in [6, 6.07) is 0.313. The Kier molecular flexibility index (Phi) is 4.23. The first kappa shape index (κ1) is 12.9. The number of nitrogens with two attached hydrogens (primary N) is 1. The van der Waals surface area contributed by atoms with Gasteiger partial charge in [0.25, 0.3) is 0 Å². The first-order valence-electron chi connectivity index (χ1n) is 6.72. The number of carbonyl (C=O) groups is 1. The molecule has 1 aromatic rings. The highest BCUT2D eigenvalue weighted by molar-refractivity contribution is 5.76. The number of rotatable bonds is 3. The Morgan fingerprint density at radius 1 is 1.50 bits per heavy atom. The number of aromatic nitrogens is 2. The van der Waals surface area contributed by atoms with Gasteiger partial charge >= 0.3 is 0 Å². The van der Waals surface area contributed by atoms with E-state index in [0.29, 0.717) is 17.6 Å². The number of nitrogens with one attached hydrogen (secondary N) is 1. The molecule has 1 fully saturated rings. The molecule has 1 heterocycles. The van der Waals surface area contributed by atoms with Gasteiger partial charge in [0.15, 0.2) is 0 Å². The van der Waals surface area contributed by atoms with E-state index in [0.717, 1.165) is 6.42 Å². The Morgan fingerprint density at radius 2 is 2.28 bits per heavy atom. The predicted octanol–water partition coefficient (Wildman–Crippen LogP) is 1.55. The van der Waals surface area contributed by atoms with E-state index in [1.807, 2.05) is 0 Å². The first-order valence-corrected chi connectivity index (χ1v) is 6.72. The zero-order valence-electron chi connectivity index (χ0n) is 10.9. The molecule has 2 rings (SSSR count). The molecular formula is C13H22N4O. The summed E-state index contributed by atoms with van der Waals surface area (Å²) in [5.74, 6) is 0.594. The molecule has 5 nitrogen and oxygen atoms in total. The molecule has 3 N–H and O–H groups in total. The average molecular weight is 250 g/mol. The van der Waals surface area contributed by atoms with Crippen LogP contribution < -0.4 is 11.1 Å². The van der Waals surface area contributed by atoms with E-state index in [1.54, 1.807) is 17.1 Å². The van der Waals surface area contributed by atoms with Gasteiger partial charge in [-0.15, -0.1) is 0 Å². The molecule has 2 atom stereocenters. The summed E-state index contributed by atoms with van der Waals surface area (Å²) >= 11 is 0. The van der Waals surface area contributed by atoms with Gasteiger partial charge in [-0.2, -0.15) is 5.10 Å². The maximum absolute atomic E-state index is 11.9. The van der Waals surface area contributed by atoms with Crippen molar-refractivity contribution in [1.29, 1.82) is 0 Å². The van der Waals surface area contributed by atoms with Crippen molar-refractivity contribution in [3.8, 4) is 0 Å². The van der Waals surface area contributed by atoms with Crippen LogP contribution in [0.5, 0.6) is 0 Å². The Bertz CT molecular complexity index is 401. The van der Waals surface area contributed by atoms with Gasteiger partial charge in [0.05, 0.1) is 11.9 Å². The molecule has 0 spiro atoms. The molecule has 1 saturated carbocycles. The van der Waals surface area contributed by atoms with Crippen molar-refractivity contribution in [2.24, 2.45) is 5.92 Å². The normalized spacial score (nSPS) is 24.5. The SMILES string of the molecule is CC1CCCCCC1NC(=O)Cn1cc(N)cn1. The first-order chi connectivity index (χ1) is 8.65. The second-order valence-corrected chi connectivity index (χ2v) is 5.26. The molecule has 100 valence electrons. The summed E-state index contributed by atoms with van der Waals surface area (Å²) in [7, 11) is 0. The van der Waals surface area contributed by atoms with Crippen LogP contribution in [0.4, 0.5) is 5.69 Å². The Balaban J connectivity index is 1.86. The van der Waals surface area contributed by atoms with Crippen LogP contribution in [0.2, 0.25) is 0 Å². The number of hydrogen-bond donors (Lipinski definition) is 2. The lowest BCUT2D eigenvalue weighted by atomic mass is 9.97. The number of amides is 1. The molecule has 2 unspecified atom stereocenters. The molecule has 0 saturated heterocycles. The van der Waals surface area contributed by atoms with Gasteiger partial charge in [-0.05, 0) is 18.8 Å². The Hall–Kier alpha value is -1.52. The fourth-order valence-electron chi connectivity index (χ4n) is 2.57. The topological polar surface area (TPSA) is 72.9 Å². The summed E-state index contributed by atoms with van der Waals surface area (Å²) in [6.45, 7) is 2.47. The quantitative estimate of drug-likeness (QED) is 0.799. The molecule has 0 radical (unpaired) electrons. The van der Waals surface area contributed by atoms with E-state index in [4.69, 9.17) is 5.73 Å². The largest absolute Gasteiger partial charge is 0.396 e. The number of carbonyl (C=O) groups excluding carboxylic acids is 1. The fraction of sp³-hybridized carbons (Fsp3) is 0.692. The summed E-state index contributed by atoms with van der Waals surface area (Å²) in [4.78, 5) is 11.9. The van der Waals surface area contributed by atoms with Crippen LogP contribution in [0, 0.1) is 5.92 Å². The van der Waals surface area contributed by atoms with Crippen molar-refractivity contribution in [1.82, 2.24) is 15.1 Å². The molecule has 1 aromatic heterocycles. The van der Waals surface area contributed by atoms with Gasteiger partial charge in [0, 0.05) is 12.2 Å². The molecule has 0 aliphatic heterocycles.